The number of ether oxygens (including phenoxy) is 3. The first-order valence-corrected chi connectivity index (χ1v) is 8.84. The standard InChI is InChI=1S/C21H24O6/c1-21(20(24)27-4)9-8-12-14(15(21)11-18(22)23)10-17(26-3)13-6-5-7-16(25-2)19(12)13/h5-7,10,15H,8-9,11H2,1-4H3,(H,22,23)/t15-,21-/m0/s1. The van der Waals surface area contributed by atoms with Crippen molar-refractivity contribution in [1.29, 1.82) is 0 Å². The molecule has 0 unspecified atom stereocenters. The Labute approximate surface area is 158 Å². The van der Waals surface area contributed by atoms with Crippen molar-refractivity contribution >= 4 is 22.7 Å². The zero-order valence-corrected chi connectivity index (χ0v) is 16.0. The van der Waals surface area contributed by atoms with Gasteiger partial charge in [-0.25, -0.2) is 0 Å². The molecule has 2 aromatic carbocycles. The molecule has 0 amide bonds. The summed E-state index contributed by atoms with van der Waals surface area (Å²) in [5.41, 5.74) is 0.905. The molecule has 1 aliphatic rings. The molecule has 0 spiro atoms. The highest BCUT2D eigenvalue weighted by atomic mass is 16.5. The van der Waals surface area contributed by atoms with Gasteiger partial charge in [-0.3, -0.25) is 9.59 Å². The van der Waals surface area contributed by atoms with Crippen LogP contribution in [0, 0.1) is 5.41 Å². The molecule has 0 saturated heterocycles. The van der Waals surface area contributed by atoms with Gasteiger partial charge in [-0.2, -0.15) is 0 Å². The first-order valence-electron chi connectivity index (χ1n) is 8.84. The van der Waals surface area contributed by atoms with Crippen LogP contribution in [0.5, 0.6) is 11.5 Å². The number of hydrogen-bond acceptors (Lipinski definition) is 5. The number of hydrogen-bond donors (Lipinski definition) is 1. The molecule has 2 aromatic rings. The number of aryl methyl sites for hydroxylation is 1. The van der Waals surface area contributed by atoms with Crippen LogP contribution in [0.1, 0.15) is 36.8 Å². The lowest BCUT2D eigenvalue weighted by molar-refractivity contribution is -0.155. The molecule has 2 atom stereocenters. The number of esters is 1. The zero-order chi connectivity index (χ0) is 19.8. The maximum Gasteiger partial charge on any atom is 0.312 e. The molecule has 1 N–H and O–H groups in total. The van der Waals surface area contributed by atoms with Crippen LogP contribution < -0.4 is 9.47 Å². The molecular weight excluding hydrogens is 348 g/mol. The zero-order valence-electron chi connectivity index (χ0n) is 16.0. The maximum atomic E-state index is 12.6. The van der Waals surface area contributed by atoms with Gasteiger partial charge >= 0.3 is 11.9 Å². The first-order chi connectivity index (χ1) is 12.9. The third-order valence-corrected chi connectivity index (χ3v) is 5.74. The molecule has 0 heterocycles. The van der Waals surface area contributed by atoms with Crippen LogP contribution >= 0.6 is 0 Å². The number of fused-ring (bicyclic) bond motifs is 3. The van der Waals surface area contributed by atoms with Gasteiger partial charge in [0, 0.05) is 16.7 Å². The molecule has 6 nitrogen and oxygen atoms in total. The average molecular weight is 372 g/mol. The lowest BCUT2D eigenvalue weighted by atomic mass is 9.63. The van der Waals surface area contributed by atoms with Crippen molar-refractivity contribution < 1.29 is 28.9 Å². The summed E-state index contributed by atoms with van der Waals surface area (Å²) >= 11 is 0. The Bertz CT molecular complexity index is 903. The average Bonchev–Trinajstić information content (AvgIpc) is 2.67. The Hall–Kier alpha value is -2.76. The van der Waals surface area contributed by atoms with E-state index in [0.717, 1.165) is 21.9 Å². The van der Waals surface area contributed by atoms with Crippen LogP contribution in [-0.2, 0) is 20.7 Å². The Morgan fingerprint density at radius 2 is 1.89 bits per heavy atom. The van der Waals surface area contributed by atoms with Gasteiger partial charge in [0.05, 0.1) is 33.2 Å². The lowest BCUT2D eigenvalue weighted by Crippen LogP contribution is -2.40. The molecular formula is C21H24O6. The van der Waals surface area contributed by atoms with Crippen LogP contribution in [0.4, 0.5) is 0 Å². The van der Waals surface area contributed by atoms with E-state index in [4.69, 9.17) is 14.2 Å². The molecule has 6 heteroatoms. The Kier molecular flexibility index (Phi) is 5.00. The lowest BCUT2D eigenvalue weighted by Gasteiger charge is -2.40. The normalized spacial score (nSPS) is 21.4. The van der Waals surface area contributed by atoms with E-state index in [1.165, 1.54) is 7.11 Å². The first kappa shape index (κ1) is 19.0. The summed E-state index contributed by atoms with van der Waals surface area (Å²) in [6.07, 6.45) is 0.963. The molecule has 0 bridgehead atoms. The molecule has 0 saturated carbocycles. The summed E-state index contributed by atoms with van der Waals surface area (Å²) in [4.78, 5) is 24.2. The number of carboxylic acid groups (broad SMARTS) is 1. The molecule has 1 aliphatic carbocycles. The smallest absolute Gasteiger partial charge is 0.312 e. The van der Waals surface area contributed by atoms with Gasteiger partial charge in [-0.15, -0.1) is 0 Å². The van der Waals surface area contributed by atoms with E-state index < -0.39 is 23.3 Å². The molecule has 0 aliphatic heterocycles. The fourth-order valence-electron chi connectivity index (χ4n) is 4.31. The van der Waals surface area contributed by atoms with Crippen molar-refractivity contribution in [1.82, 2.24) is 0 Å². The Morgan fingerprint density at radius 3 is 2.48 bits per heavy atom. The van der Waals surface area contributed by atoms with E-state index in [-0.39, 0.29) is 6.42 Å². The topological polar surface area (TPSA) is 82.1 Å². The van der Waals surface area contributed by atoms with E-state index in [2.05, 4.69) is 0 Å². The highest BCUT2D eigenvalue weighted by molar-refractivity contribution is 5.97. The van der Waals surface area contributed by atoms with Crippen LogP contribution in [0.3, 0.4) is 0 Å². The fraction of sp³-hybridized carbons (Fsp3) is 0.429. The largest absolute Gasteiger partial charge is 0.496 e. The summed E-state index contributed by atoms with van der Waals surface area (Å²) in [6, 6.07) is 7.59. The van der Waals surface area contributed by atoms with E-state index in [1.807, 2.05) is 24.3 Å². The van der Waals surface area contributed by atoms with Crippen molar-refractivity contribution in [3.05, 3.63) is 35.4 Å². The molecule has 0 radical (unpaired) electrons. The Morgan fingerprint density at radius 1 is 1.19 bits per heavy atom. The predicted molar refractivity (Wildman–Crippen MR) is 100 cm³/mol. The number of carboxylic acids is 1. The van der Waals surface area contributed by atoms with E-state index in [9.17, 15) is 14.7 Å². The van der Waals surface area contributed by atoms with Crippen molar-refractivity contribution in [2.24, 2.45) is 5.41 Å². The summed E-state index contributed by atoms with van der Waals surface area (Å²) in [7, 11) is 4.52. The predicted octanol–water partition coefficient (Wildman–Crippen LogP) is 3.54. The minimum Gasteiger partial charge on any atom is -0.496 e. The van der Waals surface area contributed by atoms with E-state index in [0.29, 0.717) is 24.3 Å². The van der Waals surface area contributed by atoms with E-state index in [1.54, 1.807) is 21.1 Å². The second-order valence-corrected chi connectivity index (χ2v) is 7.09. The quantitative estimate of drug-likeness (QED) is 0.809. The maximum absolute atomic E-state index is 12.6. The molecule has 27 heavy (non-hydrogen) atoms. The third-order valence-electron chi connectivity index (χ3n) is 5.74. The van der Waals surface area contributed by atoms with Crippen LogP contribution in [-0.4, -0.2) is 38.4 Å². The molecule has 144 valence electrons. The van der Waals surface area contributed by atoms with Gasteiger partial charge in [0.1, 0.15) is 11.5 Å². The van der Waals surface area contributed by atoms with E-state index >= 15 is 0 Å². The van der Waals surface area contributed by atoms with Gasteiger partial charge < -0.3 is 19.3 Å². The summed E-state index contributed by atoms with van der Waals surface area (Å²) in [6.45, 7) is 1.79. The van der Waals surface area contributed by atoms with Crippen LogP contribution in [0.2, 0.25) is 0 Å². The van der Waals surface area contributed by atoms with Crippen molar-refractivity contribution in [3.8, 4) is 11.5 Å². The molecule has 0 aromatic heterocycles. The number of rotatable bonds is 5. The minimum atomic E-state index is -0.956. The monoisotopic (exact) mass is 372 g/mol. The highest BCUT2D eigenvalue weighted by Crippen LogP contribution is 2.52. The van der Waals surface area contributed by atoms with Crippen molar-refractivity contribution in [3.63, 3.8) is 0 Å². The van der Waals surface area contributed by atoms with Crippen molar-refractivity contribution in [2.75, 3.05) is 21.3 Å². The molecule has 3 rings (SSSR count). The highest BCUT2D eigenvalue weighted by Gasteiger charge is 2.47. The molecule has 0 fully saturated rings. The van der Waals surface area contributed by atoms with Gasteiger partial charge in [0.15, 0.2) is 0 Å². The van der Waals surface area contributed by atoms with Crippen LogP contribution in [0.25, 0.3) is 10.8 Å². The summed E-state index contributed by atoms with van der Waals surface area (Å²) in [5, 5.41) is 11.3. The van der Waals surface area contributed by atoms with Gasteiger partial charge in [-0.1, -0.05) is 12.1 Å². The van der Waals surface area contributed by atoms with Gasteiger partial charge in [-0.05, 0) is 43.0 Å². The SMILES string of the molecule is COC(=O)[C@@]1(C)CCc2c(cc(OC)c3cccc(OC)c23)[C@@H]1CC(=O)O. The minimum absolute atomic E-state index is 0.164. The number of benzene rings is 2. The second-order valence-electron chi connectivity index (χ2n) is 7.09. The van der Waals surface area contributed by atoms with Gasteiger partial charge in [0.2, 0.25) is 0 Å². The summed E-state index contributed by atoms with van der Waals surface area (Å²) < 4.78 is 16.2. The van der Waals surface area contributed by atoms with Crippen LogP contribution in [0.15, 0.2) is 24.3 Å². The number of aliphatic carboxylic acids is 1. The third kappa shape index (κ3) is 2.99. The Balaban J connectivity index is 2.34. The number of methoxy groups -OCH3 is 3. The van der Waals surface area contributed by atoms with Crippen molar-refractivity contribution in [2.45, 2.75) is 32.1 Å². The second kappa shape index (κ2) is 7.10. The van der Waals surface area contributed by atoms with Gasteiger partial charge in [0.25, 0.3) is 0 Å². The summed E-state index contributed by atoms with van der Waals surface area (Å²) in [5.74, 6) is -0.527. The fourth-order valence-corrected chi connectivity index (χ4v) is 4.31. The number of carbonyl (C=O) groups excluding carboxylic acids is 1. The number of carbonyl (C=O) groups is 2.